The van der Waals surface area contributed by atoms with Crippen LogP contribution in [0.5, 0.6) is 17.4 Å². The Morgan fingerprint density at radius 2 is 2.10 bits per heavy atom. The Balaban J connectivity index is 2.37. The lowest BCUT2D eigenvalue weighted by atomic mass is 10.2. The average Bonchev–Trinajstić information content (AvgIpc) is 2.43. The fourth-order valence-electron chi connectivity index (χ4n) is 1.70. The molecule has 2 rings (SSSR count). The van der Waals surface area contributed by atoms with Crippen molar-refractivity contribution in [3.8, 4) is 17.4 Å². The fraction of sp³-hybridized carbons (Fsp3) is 0.286. The van der Waals surface area contributed by atoms with E-state index < -0.39 is 0 Å². The Bertz CT molecular complexity index is 605. The molecule has 2 aromatic rings. The first-order valence-corrected chi connectivity index (χ1v) is 7.01. The lowest BCUT2D eigenvalue weighted by Gasteiger charge is -2.13. The molecule has 0 spiro atoms. The number of aryl methyl sites for hydroxylation is 1. The monoisotopic (exact) mass is 337 g/mol. The van der Waals surface area contributed by atoms with Crippen LogP contribution in [0.25, 0.3) is 0 Å². The Morgan fingerprint density at radius 3 is 2.80 bits per heavy atom. The summed E-state index contributed by atoms with van der Waals surface area (Å²) >= 11 is 3.43. The maximum atomic E-state index is 5.85. The van der Waals surface area contributed by atoms with Gasteiger partial charge in [-0.1, -0.05) is 22.0 Å². The third kappa shape index (κ3) is 3.19. The molecule has 1 heterocycles. The standard InChI is InChI=1S/C14H16BrN3O2/c1-4-16-13-12(19-3)14(18-8-17-13)20-11-7-10(15)6-5-9(11)2/h5-8H,4H2,1-3H3,(H,16,17,18). The lowest BCUT2D eigenvalue weighted by molar-refractivity contribution is 0.368. The van der Waals surface area contributed by atoms with Gasteiger partial charge in [0, 0.05) is 11.0 Å². The summed E-state index contributed by atoms with van der Waals surface area (Å²) in [7, 11) is 1.57. The van der Waals surface area contributed by atoms with E-state index in [0.717, 1.165) is 22.3 Å². The molecule has 20 heavy (non-hydrogen) atoms. The third-order valence-corrected chi connectivity index (χ3v) is 3.17. The van der Waals surface area contributed by atoms with Gasteiger partial charge in [0.05, 0.1) is 7.11 Å². The summed E-state index contributed by atoms with van der Waals surface area (Å²) < 4.78 is 12.1. The van der Waals surface area contributed by atoms with Crippen molar-refractivity contribution in [3.05, 3.63) is 34.6 Å². The van der Waals surface area contributed by atoms with Crippen LogP contribution in [0.15, 0.2) is 29.0 Å². The van der Waals surface area contributed by atoms with Crippen LogP contribution in [-0.4, -0.2) is 23.6 Å². The lowest BCUT2D eigenvalue weighted by Crippen LogP contribution is -2.04. The first-order valence-electron chi connectivity index (χ1n) is 6.22. The minimum absolute atomic E-state index is 0.389. The summed E-state index contributed by atoms with van der Waals surface area (Å²) in [4.78, 5) is 8.29. The molecule has 1 N–H and O–H groups in total. The molecule has 0 saturated heterocycles. The maximum absolute atomic E-state index is 5.85. The normalized spacial score (nSPS) is 10.2. The molecule has 0 atom stereocenters. The zero-order valence-electron chi connectivity index (χ0n) is 11.6. The van der Waals surface area contributed by atoms with Gasteiger partial charge >= 0.3 is 0 Å². The van der Waals surface area contributed by atoms with E-state index in [0.29, 0.717) is 17.4 Å². The predicted molar refractivity (Wildman–Crippen MR) is 81.7 cm³/mol. The van der Waals surface area contributed by atoms with Crippen LogP contribution >= 0.6 is 15.9 Å². The minimum atomic E-state index is 0.389. The van der Waals surface area contributed by atoms with Crippen LogP contribution in [0, 0.1) is 6.92 Å². The van der Waals surface area contributed by atoms with Crippen molar-refractivity contribution in [1.82, 2.24) is 9.97 Å². The second-order valence-corrected chi connectivity index (χ2v) is 5.02. The summed E-state index contributed by atoms with van der Waals surface area (Å²) in [5.74, 6) is 2.22. The summed E-state index contributed by atoms with van der Waals surface area (Å²) in [6.07, 6.45) is 1.45. The van der Waals surface area contributed by atoms with Crippen molar-refractivity contribution in [1.29, 1.82) is 0 Å². The molecular formula is C14H16BrN3O2. The molecule has 5 nitrogen and oxygen atoms in total. The van der Waals surface area contributed by atoms with Gasteiger partial charge in [-0.15, -0.1) is 0 Å². The molecule has 0 unspecified atom stereocenters. The van der Waals surface area contributed by atoms with E-state index in [2.05, 4.69) is 31.2 Å². The highest BCUT2D eigenvalue weighted by Crippen LogP contribution is 2.35. The first kappa shape index (κ1) is 14.6. The van der Waals surface area contributed by atoms with Crippen molar-refractivity contribution >= 4 is 21.7 Å². The largest absolute Gasteiger partial charge is 0.489 e. The van der Waals surface area contributed by atoms with E-state index in [4.69, 9.17) is 9.47 Å². The van der Waals surface area contributed by atoms with E-state index in [1.165, 1.54) is 6.33 Å². The van der Waals surface area contributed by atoms with Gasteiger partial charge in [-0.3, -0.25) is 0 Å². The van der Waals surface area contributed by atoms with E-state index >= 15 is 0 Å². The number of benzene rings is 1. The number of anilines is 1. The van der Waals surface area contributed by atoms with Gasteiger partial charge in [0.25, 0.3) is 5.88 Å². The van der Waals surface area contributed by atoms with Crippen molar-refractivity contribution < 1.29 is 9.47 Å². The van der Waals surface area contributed by atoms with E-state index in [-0.39, 0.29) is 0 Å². The maximum Gasteiger partial charge on any atom is 0.268 e. The Hall–Kier alpha value is -1.82. The van der Waals surface area contributed by atoms with Crippen molar-refractivity contribution in [2.75, 3.05) is 19.0 Å². The highest BCUT2D eigenvalue weighted by atomic mass is 79.9. The molecule has 1 aromatic carbocycles. The second-order valence-electron chi connectivity index (χ2n) is 4.10. The molecule has 0 fully saturated rings. The van der Waals surface area contributed by atoms with Gasteiger partial charge in [0.2, 0.25) is 5.75 Å². The van der Waals surface area contributed by atoms with Crippen LogP contribution < -0.4 is 14.8 Å². The molecule has 6 heteroatoms. The summed E-state index contributed by atoms with van der Waals surface area (Å²) in [6.45, 7) is 4.70. The topological polar surface area (TPSA) is 56.3 Å². The molecule has 0 radical (unpaired) electrons. The predicted octanol–water partition coefficient (Wildman–Crippen LogP) is 3.78. The van der Waals surface area contributed by atoms with Gasteiger partial charge in [0.1, 0.15) is 12.1 Å². The smallest absolute Gasteiger partial charge is 0.268 e. The fourth-order valence-corrected chi connectivity index (χ4v) is 2.04. The molecule has 1 aromatic heterocycles. The average molecular weight is 338 g/mol. The number of hydrogen-bond donors (Lipinski definition) is 1. The third-order valence-electron chi connectivity index (χ3n) is 2.68. The molecule has 0 saturated carbocycles. The van der Waals surface area contributed by atoms with E-state index in [9.17, 15) is 0 Å². The van der Waals surface area contributed by atoms with Crippen LogP contribution in [0.3, 0.4) is 0 Å². The molecular weight excluding hydrogens is 322 g/mol. The Kier molecular flexibility index (Phi) is 4.79. The van der Waals surface area contributed by atoms with E-state index in [1.54, 1.807) is 7.11 Å². The summed E-state index contributed by atoms with van der Waals surface area (Å²) in [5.41, 5.74) is 1.01. The number of hydrogen-bond acceptors (Lipinski definition) is 5. The second kappa shape index (κ2) is 6.56. The van der Waals surface area contributed by atoms with Crippen LogP contribution in [0.2, 0.25) is 0 Å². The van der Waals surface area contributed by atoms with Gasteiger partial charge < -0.3 is 14.8 Å². The SMILES string of the molecule is CCNc1ncnc(Oc2cc(Br)ccc2C)c1OC. The number of methoxy groups -OCH3 is 1. The zero-order chi connectivity index (χ0) is 14.5. The highest BCUT2D eigenvalue weighted by molar-refractivity contribution is 9.10. The molecule has 0 aliphatic heterocycles. The molecule has 106 valence electrons. The number of halogens is 1. The van der Waals surface area contributed by atoms with Crippen molar-refractivity contribution in [2.45, 2.75) is 13.8 Å². The number of ether oxygens (including phenoxy) is 2. The molecule has 0 aliphatic rings. The van der Waals surface area contributed by atoms with Crippen molar-refractivity contribution in [2.24, 2.45) is 0 Å². The highest BCUT2D eigenvalue weighted by Gasteiger charge is 2.14. The Labute approximate surface area is 126 Å². The van der Waals surface area contributed by atoms with E-state index in [1.807, 2.05) is 32.0 Å². The van der Waals surface area contributed by atoms with Crippen molar-refractivity contribution in [3.63, 3.8) is 0 Å². The van der Waals surface area contributed by atoms with Gasteiger partial charge in [-0.2, -0.15) is 4.98 Å². The zero-order valence-corrected chi connectivity index (χ0v) is 13.2. The summed E-state index contributed by atoms with van der Waals surface area (Å²) in [6, 6.07) is 5.82. The van der Waals surface area contributed by atoms with Crippen LogP contribution in [-0.2, 0) is 0 Å². The molecule has 0 aliphatic carbocycles. The summed E-state index contributed by atoms with van der Waals surface area (Å²) in [5, 5.41) is 3.11. The quantitative estimate of drug-likeness (QED) is 0.899. The van der Waals surface area contributed by atoms with Crippen LogP contribution in [0.4, 0.5) is 5.82 Å². The van der Waals surface area contributed by atoms with Gasteiger partial charge in [-0.25, -0.2) is 4.98 Å². The number of nitrogens with zero attached hydrogens (tertiary/aromatic N) is 2. The minimum Gasteiger partial charge on any atom is -0.489 e. The number of rotatable bonds is 5. The van der Waals surface area contributed by atoms with Gasteiger partial charge in [-0.05, 0) is 31.5 Å². The molecule has 0 bridgehead atoms. The number of nitrogens with one attached hydrogen (secondary N) is 1. The molecule has 0 amide bonds. The van der Waals surface area contributed by atoms with Crippen LogP contribution in [0.1, 0.15) is 12.5 Å². The number of aromatic nitrogens is 2. The Morgan fingerprint density at radius 1 is 1.30 bits per heavy atom. The van der Waals surface area contributed by atoms with Gasteiger partial charge in [0.15, 0.2) is 5.82 Å². The first-order chi connectivity index (χ1) is 9.65.